The van der Waals surface area contributed by atoms with Gasteiger partial charge in [-0.2, -0.15) is 0 Å². The molecule has 1 heterocycles. The van der Waals surface area contributed by atoms with Crippen molar-refractivity contribution < 1.29 is 9.63 Å². The van der Waals surface area contributed by atoms with Crippen LogP contribution in [0.15, 0.2) is 35.7 Å². The van der Waals surface area contributed by atoms with Gasteiger partial charge in [-0.05, 0) is 0 Å². The zero-order valence-electron chi connectivity index (χ0n) is 10.1. The summed E-state index contributed by atoms with van der Waals surface area (Å²) >= 11 is 1.57. The molecule has 0 fully saturated rings. The van der Waals surface area contributed by atoms with Gasteiger partial charge in [-0.3, -0.25) is 9.63 Å². The SMILES string of the molecule is CONC(=O)CCc1nc(-c2ccccc2)cs1. The molecule has 4 nitrogen and oxygen atoms in total. The predicted octanol–water partition coefficient (Wildman–Crippen LogP) is 2.42. The number of carbonyl (C=O) groups is 1. The molecule has 1 aromatic heterocycles. The quantitative estimate of drug-likeness (QED) is 0.842. The number of thiazole rings is 1. The average molecular weight is 262 g/mol. The summed E-state index contributed by atoms with van der Waals surface area (Å²) < 4.78 is 0. The maximum Gasteiger partial charge on any atom is 0.243 e. The van der Waals surface area contributed by atoms with Crippen molar-refractivity contribution in [2.75, 3.05) is 7.11 Å². The molecule has 1 aromatic carbocycles. The van der Waals surface area contributed by atoms with E-state index in [9.17, 15) is 4.79 Å². The van der Waals surface area contributed by atoms with Gasteiger partial charge >= 0.3 is 0 Å². The summed E-state index contributed by atoms with van der Waals surface area (Å²) in [5, 5.41) is 2.97. The van der Waals surface area contributed by atoms with Gasteiger partial charge < -0.3 is 0 Å². The van der Waals surface area contributed by atoms with E-state index in [0.29, 0.717) is 12.8 Å². The van der Waals surface area contributed by atoms with Crippen LogP contribution >= 0.6 is 11.3 Å². The summed E-state index contributed by atoms with van der Waals surface area (Å²) in [6.45, 7) is 0. The van der Waals surface area contributed by atoms with Crippen LogP contribution in [0.5, 0.6) is 0 Å². The number of hydrogen-bond acceptors (Lipinski definition) is 4. The molecule has 0 bridgehead atoms. The first kappa shape index (κ1) is 12.7. The molecule has 0 unspecified atom stereocenters. The molecule has 1 N–H and O–H groups in total. The minimum absolute atomic E-state index is 0.131. The molecular weight excluding hydrogens is 248 g/mol. The number of hydrogen-bond donors (Lipinski definition) is 1. The van der Waals surface area contributed by atoms with Crippen molar-refractivity contribution in [2.45, 2.75) is 12.8 Å². The van der Waals surface area contributed by atoms with Crippen molar-refractivity contribution in [1.29, 1.82) is 0 Å². The molecule has 0 atom stereocenters. The topological polar surface area (TPSA) is 51.2 Å². The molecule has 2 aromatic rings. The molecule has 0 saturated carbocycles. The first-order valence-corrected chi connectivity index (χ1v) is 6.49. The van der Waals surface area contributed by atoms with Crippen LogP contribution in [-0.2, 0) is 16.1 Å². The maximum atomic E-state index is 11.2. The molecule has 0 spiro atoms. The molecule has 18 heavy (non-hydrogen) atoms. The Balaban J connectivity index is 1.97. The highest BCUT2D eigenvalue weighted by Crippen LogP contribution is 2.22. The Labute approximate surface area is 110 Å². The van der Waals surface area contributed by atoms with Gasteiger partial charge in [-0.15, -0.1) is 11.3 Å². The first-order valence-electron chi connectivity index (χ1n) is 5.61. The highest BCUT2D eigenvalue weighted by atomic mass is 32.1. The Morgan fingerprint density at radius 3 is 2.89 bits per heavy atom. The van der Waals surface area contributed by atoms with Gasteiger partial charge in [-0.1, -0.05) is 30.3 Å². The summed E-state index contributed by atoms with van der Waals surface area (Å²) in [5.41, 5.74) is 4.35. The van der Waals surface area contributed by atoms with E-state index >= 15 is 0 Å². The lowest BCUT2D eigenvalue weighted by Gasteiger charge is -1.99. The second kappa shape index (κ2) is 6.28. The second-order valence-electron chi connectivity index (χ2n) is 3.72. The number of rotatable bonds is 5. The van der Waals surface area contributed by atoms with Crippen molar-refractivity contribution in [1.82, 2.24) is 10.5 Å². The number of hydroxylamine groups is 1. The van der Waals surface area contributed by atoms with Crippen LogP contribution in [-0.4, -0.2) is 18.0 Å². The van der Waals surface area contributed by atoms with Gasteiger partial charge in [0.2, 0.25) is 5.91 Å². The van der Waals surface area contributed by atoms with Gasteiger partial charge in [0, 0.05) is 23.8 Å². The fourth-order valence-corrected chi connectivity index (χ4v) is 2.36. The lowest BCUT2D eigenvalue weighted by Crippen LogP contribution is -2.21. The molecule has 5 heteroatoms. The number of amides is 1. The van der Waals surface area contributed by atoms with Crippen LogP contribution in [0, 0.1) is 0 Å². The smallest absolute Gasteiger partial charge is 0.243 e. The highest BCUT2D eigenvalue weighted by molar-refractivity contribution is 7.09. The Morgan fingerprint density at radius 1 is 1.39 bits per heavy atom. The lowest BCUT2D eigenvalue weighted by atomic mass is 10.2. The van der Waals surface area contributed by atoms with Crippen LogP contribution in [0.4, 0.5) is 0 Å². The van der Waals surface area contributed by atoms with E-state index < -0.39 is 0 Å². The third-order valence-electron chi connectivity index (χ3n) is 2.40. The van der Waals surface area contributed by atoms with Crippen molar-refractivity contribution >= 4 is 17.2 Å². The number of aryl methyl sites for hydroxylation is 1. The number of nitrogens with one attached hydrogen (secondary N) is 1. The summed E-state index contributed by atoms with van der Waals surface area (Å²) in [7, 11) is 1.43. The molecule has 0 radical (unpaired) electrons. The van der Waals surface area contributed by atoms with Crippen molar-refractivity contribution in [3.63, 3.8) is 0 Å². The van der Waals surface area contributed by atoms with Crippen molar-refractivity contribution in [3.8, 4) is 11.3 Å². The van der Waals surface area contributed by atoms with Crippen molar-refractivity contribution in [3.05, 3.63) is 40.7 Å². The average Bonchev–Trinajstić information content (AvgIpc) is 2.87. The minimum Gasteiger partial charge on any atom is -0.277 e. The van der Waals surface area contributed by atoms with Crippen LogP contribution in [0.1, 0.15) is 11.4 Å². The van der Waals surface area contributed by atoms with E-state index in [0.717, 1.165) is 16.3 Å². The summed E-state index contributed by atoms with van der Waals surface area (Å²) in [6.07, 6.45) is 1.02. The van der Waals surface area contributed by atoms with Gasteiger partial charge in [-0.25, -0.2) is 10.5 Å². The fourth-order valence-electron chi connectivity index (χ4n) is 1.55. The molecule has 0 aliphatic rings. The predicted molar refractivity (Wildman–Crippen MR) is 71.0 cm³/mol. The minimum atomic E-state index is -0.131. The molecule has 0 aliphatic carbocycles. The van der Waals surface area contributed by atoms with Crippen LogP contribution < -0.4 is 5.48 Å². The number of benzene rings is 1. The Bertz CT molecular complexity index is 511. The van der Waals surface area contributed by atoms with Crippen LogP contribution in [0.2, 0.25) is 0 Å². The Hall–Kier alpha value is -1.72. The fraction of sp³-hybridized carbons (Fsp3) is 0.231. The van der Waals surface area contributed by atoms with E-state index in [4.69, 9.17) is 0 Å². The first-order chi connectivity index (χ1) is 8.79. The van der Waals surface area contributed by atoms with Crippen molar-refractivity contribution in [2.24, 2.45) is 0 Å². The number of nitrogens with zero attached hydrogens (tertiary/aromatic N) is 1. The van der Waals surface area contributed by atoms with Gasteiger partial charge in [0.15, 0.2) is 0 Å². The maximum absolute atomic E-state index is 11.2. The number of aromatic nitrogens is 1. The molecule has 2 rings (SSSR count). The van der Waals surface area contributed by atoms with E-state index in [1.165, 1.54) is 7.11 Å². The molecule has 94 valence electrons. The summed E-state index contributed by atoms with van der Waals surface area (Å²) in [5.74, 6) is -0.131. The van der Waals surface area contributed by atoms with E-state index in [2.05, 4.69) is 15.3 Å². The molecular formula is C13H14N2O2S. The zero-order valence-corrected chi connectivity index (χ0v) is 10.9. The summed E-state index contributed by atoms with van der Waals surface area (Å²) in [6, 6.07) is 10.00. The zero-order chi connectivity index (χ0) is 12.8. The third-order valence-corrected chi connectivity index (χ3v) is 3.31. The number of carbonyl (C=O) groups excluding carboxylic acids is 1. The van der Waals surface area contributed by atoms with Gasteiger partial charge in [0.25, 0.3) is 0 Å². The molecule has 1 amide bonds. The Morgan fingerprint density at radius 2 is 2.17 bits per heavy atom. The van der Waals surface area contributed by atoms with Crippen LogP contribution in [0.3, 0.4) is 0 Å². The van der Waals surface area contributed by atoms with Gasteiger partial charge in [0.1, 0.15) is 0 Å². The highest BCUT2D eigenvalue weighted by Gasteiger charge is 2.06. The summed E-state index contributed by atoms with van der Waals surface area (Å²) in [4.78, 5) is 20.3. The normalized spacial score (nSPS) is 10.3. The molecule has 0 saturated heterocycles. The van der Waals surface area contributed by atoms with E-state index in [1.54, 1.807) is 11.3 Å². The largest absolute Gasteiger partial charge is 0.277 e. The van der Waals surface area contributed by atoms with Gasteiger partial charge in [0.05, 0.1) is 17.8 Å². The monoisotopic (exact) mass is 262 g/mol. The second-order valence-corrected chi connectivity index (χ2v) is 4.66. The third kappa shape index (κ3) is 3.38. The van der Waals surface area contributed by atoms with E-state index in [-0.39, 0.29) is 5.91 Å². The standard InChI is InChI=1S/C13H14N2O2S/c1-17-15-12(16)7-8-13-14-11(9-18-13)10-5-3-2-4-6-10/h2-6,9H,7-8H2,1H3,(H,15,16). The lowest BCUT2D eigenvalue weighted by molar-refractivity contribution is -0.131. The van der Waals surface area contributed by atoms with E-state index in [1.807, 2.05) is 35.7 Å². The van der Waals surface area contributed by atoms with Crippen LogP contribution in [0.25, 0.3) is 11.3 Å². The Kier molecular flexibility index (Phi) is 4.44. The molecule has 0 aliphatic heterocycles.